The summed E-state index contributed by atoms with van der Waals surface area (Å²) in [5.41, 5.74) is 1.91. The van der Waals surface area contributed by atoms with Gasteiger partial charge in [0.05, 0.1) is 6.04 Å². The van der Waals surface area contributed by atoms with E-state index in [1.807, 2.05) is 25.1 Å². The topological polar surface area (TPSA) is 51.0 Å². The Kier molecular flexibility index (Phi) is 4.03. The molecule has 0 radical (unpaired) electrons. The van der Waals surface area contributed by atoms with E-state index >= 15 is 0 Å². The molecule has 0 bridgehead atoms. The third kappa shape index (κ3) is 2.86. The molecule has 0 spiro atoms. The SMILES string of the molecule is Cc1ccc(-c2nc(C3CCCCCN3)no2)cc1Cl. The summed E-state index contributed by atoms with van der Waals surface area (Å²) < 4.78 is 5.38. The Balaban J connectivity index is 1.83. The molecule has 2 aromatic rings. The minimum Gasteiger partial charge on any atom is -0.334 e. The van der Waals surface area contributed by atoms with Crippen molar-refractivity contribution in [2.75, 3.05) is 6.54 Å². The normalized spacial score (nSPS) is 19.8. The number of aryl methyl sites for hydroxylation is 1. The molecular formula is C15H18ClN3O. The highest BCUT2D eigenvalue weighted by molar-refractivity contribution is 6.31. The van der Waals surface area contributed by atoms with Gasteiger partial charge in [0.15, 0.2) is 5.82 Å². The molecular weight excluding hydrogens is 274 g/mol. The maximum atomic E-state index is 6.14. The van der Waals surface area contributed by atoms with Crippen LogP contribution in [0.25, 0.3) is 11.5 Å². The number of hydrogen-bond acceptors (Lipinski definition) is 4. The van der Waals surface area contributed by atoms with Gasteiger partial charge in [-0.05, 0) is 44.0 Å². The summed E-state index contributed by atoms with van der Waals surface area (Å²) in [6.45, 7) is 2.99. The van der Waals surface area contributed by atoms with Crippen LogP contribution in [0.4, 0.5) is 0 Å². The van der Waals surface area contributed by atoms with Gasteiger partial charge in [-0.1, -0.05) is 35.7 Å². The Bertz CT molecular complexity index is 589. The molecule has 0 aliphatic carbocycles. The zero-order valence-electron chi connectivity index (χ0n) is 11.5. The molecule has 1 unspecified atom stereocenters. The fourth-order valence-electron chi connectivity index (χ4n) is 2.47. The standard InChI is InChI=1S/C15H18ClN3O/c1-10-6-7-11(9-12(10)16)15-18-14(19-20-15)13-5-3-2-4-8-17-13/h6-7,9,13,17H,2-5,8H2,1H3. The fraction of sp³-hybridized carbons (Fsp3) is 0.467. The van der Waals surface area contributed by atoms with Crippen LogP contribution in [0.15, 0.2) is 22.7 Å². The molecule has 1 aliphatic rings. The molecule has 1 N–H and O–H groups in total. The minimum absolute atomic E-state index is 0.205. The highest BCUT2D eigenvalue weighted by atomic mass is 35.5. The summed E-state index contributed by atoms with van der Waals surface area (Å²) in [6, 6.07) is 6.00. The lowest BCUT2D eigenvalue weighted by Gasteiger charge is -2.09. The predicted octanol–water partition coefficient (Wildman–Crippen LogP) is 3.90. The number of nitrogens with one attached hydrogen (secondary N) is 1. The number of rotatable bonds is 2. The van der Waals surface area contributed by atoms with Crippen molar-refractivity contribution in [2.24, 2.45) is 0 Å². The Morgan fingerprint density at radius 1 is 1.30 bits per heavy atom. The summed E-state index contributed by atoms with van der Waals surface area (Å²) in [6.07, 6.45) is 4.75. The summed E-state index contributed by atoms with van der Waals surface area (Å²) >= 11 is 6.14. The third-order valence-electron chi connectivity index (χ3n) is 3.73. The van der Waals surface area contributed by atoms with Crippen molar-refractivity contribution in [1.29, 1.82) is 0 Å². The second-order valence-electron chi connectivity index (χ2n) is 5.28. The van der Waals surface area contributed by atoms with E-state index in [0.717, 1.165) is 34.9 Å². The first-order valence-electron chi connectivity index (χ1n) is 7.07. The lowest BCUT2D eigenvalue weighted by Crippen LogP contribution is -2.21. The molecule has 1 atom stereocenters. The first-order valence-corrected chi connectivity index (χ1v) is 7.45. The van der Waals surface area contributed by atoms with E-state index in [-0.39, 0.29) is 6.04 Å². The molecule has 0 saturated carbocycles. The van der Waals surface area contributed by atoms with Gasteiger partial charge < -0.3 is 9.84 Å². The van der Waals surface area contributed by atoms with Crippen LogP contribution in [0.5, 0.6) is 0 Å². The highest BCUT2D eigenvalue weighted by Gasteiger charge is 2.20. The van der Waals surface area contributed by atoms with Crippen LogP contribution in [0, 0.1) is 6.92 Å². The summed E-state index contributed by atoms with van der Waals surface area (Å²) in [4.78, 5) is 4.52. The molecule has 1 aromatic heterocycles. The van der Waals surface area contributed by atoms with Crippen LogP contribution in [-0.4, -0.2) is 16.7 Å². The largest absolute Gasteiger partial charge is 0.334 e. The monoisotopic (exact) mass is 291 g/mol. The summed E-state index contributed by atoms with van der Waals surface area (Å²) in [7, 11) is 0. The van der Waals surface area contributed by atoms with Crippen molar-refractivity contribution in [2.45, 2.75) is 38.6 Å². The maximum Gasteiger partial charge on any atom is 0.258 e. The van der Waals surface area contributed by atoms with Gasteiger partial charge >= 0.3 is 0 Å². The van der Waals surface area contributed by atoms with Gasteiger partial charge in [0.25, 0.3) is 5.89 Å². The summed E-state index contributed by atoms with van der Waals surface area (Å²) in [5, 5.41) is 8.31. The first-order chi connectivity index (χ1) is 9.74. The molecule has 2 heterocycles. The molecule has 4 nitrogen and oxygen atoms in total. The average molecular weight is 292 g/mol. The Morgan fingerprint density at radius 3 is 3.05 bits per heavy atom. The van der Waals surface area contributed by atoms with Gasteiger partial charge in [0, 0.05) is 10.6 Å². The molecule has 20 heavy (non-hydrogen) atoms. The lowest BCUT2D eigenvalue weighted by molar-refractivity contribution is 0.402. The molecule has 1 saturated heterocycles. The molecule has 1 aliphatic heterocycles. The zero-order valence-corrected chi connectivity index (χ0v) is 12.3. The van der Waals surface area contributed by atoms with Crippen molar-refractivity contribution in [1.82, 2.24) is 15.5 Å². The van der Waals surface area contributed by atoms with Gasteiger partial charge in [-0.25, -0.2) is 0 Å². The lowest BCUT2D eigenvalue weighted by atomic mass is 10.1. The van der Waals surface area contributed by atoms with Gasteiger partial charge in [-0.3, -0.25) is 0 Å². The van der Waals surface area contributed by atoms with E-state index in [9.17, 15) is 0 Å². The van der Waals surface area contributed by atoms with Crippen LogP contribution in [0.3, 0.4) is 0 Å². The average Bonchev–Trinajstić information content (AvgIpc) is 2.78. The maximum absolute atomic E-state index is 6.14. The highest BCUT2D eigenvalue weighted by Crippen LogP contribution is 2.26. The number of nitrogens with zero attached hydrogens (tertiary/aromatic N) is 2. The number of benzene rings is 1. The second kappa shape index (κ2) is 5.94. The molecule has 1 aromatic carbocycles. The van der Waals surface area contributed by atoms with Gasteiger partial charge in [0.1, 0.15) is 0 Å². The van der Waals surface area contributed by atoms with E-state index in [4.69, 9.17) is 16.1 Å². The van der Waals surface area contributed by atoms with Crippen molar-refractivity contribution >= 4 is 11.6 Å². The van der Waals surface area contributed by atoms with E-state index in [1.165, 1.54) is 19.3 Å². The van der Waals surface area contributed by atoms with E-state index < -0.39 is 0 Å². The first kappa shape index (κ1) is 13.6. The van der Waals surface area contributed by atoms with Crippen molar-refractivity contribution in [3.8, 4) is 11.5 Å². The minimum atomic E-state index is 0.205. The van der Waals surface area contributed by atoms with E-state index in [2.05, 4.69) is 15.5 Å². The van der Waals surface area contributed by atoms with Crippen molar-refractivity contribution < 1.29 is 4.52 Å². The van der Waals surface area contributed by atoms with Gasteiger partial charge in [0.2, 0.25) is 0 Å². The van der Waals surface area contributed by atoms with Crippen molar-refractivity contribution in [3.05, 3.63) is 34.6 Å². The number of halogens is 1. The van der Waals surface area contributed by atoms with Crippen LogP contribution < -0.4 is 5.32 Å². The molecule has 1 fully saturated rings. The van der Waals surface area contributed by atoms with Gasteiger partial charge in [-0.15, -0.1) is 0 Å². The third-order valence-corrected chi connectivity index (χ3v) is 4.14. The smallest absolute Gasteiger partial charge is 0.258 e. The molecule has 3 rings (SSSR count). The van der Waals surface area contributed by atoms with Crippen molar-refractivity contribution in [3.63, 3.8) is 0 Å². The second-order valence-corrected chi connectivity index (χ2v) is 5.68. The van der Waals surface area contributed by atoms with E-state index in [1.54, 1.807) is 0 Å². The van der Waals surface area contributed by atoms with Crippen LogP contribution >= 0.6 is 11.6 Å². The predicted molar refractivity (Wildman–Crippen MR) is 78.7 cm³/mol. The Labute approximate surface area is 123 Å². The zero-order chi connectivity index (χ0) is 13.9. The Hall–Kier alpha value is -1.39. The Morgan fingerprint density at radius 2 is 2.20 bits per heavy atom. The molecule has 106 valence electrons. The van der Waals surface area contributed by atoms with E-state index in [0.29, 0.717) is 5.89 Å². The molecule has 0 amide bonds. The number of aromatic nitrogens is 2. The number of hydrogen-bond donors (Lipinski definition) is 1. The van der Waals surface area contributed by atoms with Crippen LogP contribution in [0.1, 0.15) is 43.1 Å². The fourth-order valence-corrected chi connectivity index (χ4v) is 2.65. The van der Waals surface area contributed by atoms with Gasteiger partial charge in [-0.2, -0.15) is 4.98 Å². The van der Waals surface area contributed by atoms with Crippen LogP contribution in [0.2, 0.25) is 5.02 Å². The van der Waals surface area contributed by atoms with Crippen LogP contribution in [-0.2, 0) is 0 Å². The quantitative estimate of drug-likeness (QED) is 0.911. The molecule has 5 heteroatoms. The summed E-state index contributed by atoms with van der Waals surface area (Å²) in [5.74, 6) is 1.28.